The van der Waals surface area contributed by atoms with Gasteiger partial charge >= 0.3 is 0 Å². The van der Waals surface area contributed by atoms with Crippen LogP contribution in [0.2, 0.25) is 0 Å². The van der Waals surface area contributed by atoms with E-state index in [1.54, 1.807) is 4.90 Å². The van der Waals surface area contributed by atoms with Crippen molar-refractivity contribution < 1.29 is 23.5 Å². The highest BCUT2D eigenvalue weighted by atomic mass is 16.6. The number of benzene rings is 2. The normalized spacial score (nSPS) is 21.0. The molecule has 2 aromatic carbocycles. The Hall–Kier alpha value is -3.48. The Morgan fingerprint density at radius 1 is 1.03 bits per heavy atom. The SMILES string of the molecule is Cc1noc(C)c1-c1cccc2c1C1(COc3cc4c(cc31)OCCO4)C(=O)N2C. The fourth-order valence-electron chi connectivity index (χ4n) is 5.02. The number of hydrogen-bond donors (Lipinski definition) is 0. The third kappa shape index (κ3) is 1.99. The number of likely N-dealkylation sites (N-methyl/N-ethyl adjacent to an activating group) is 1. The number of amides is 1. The summed E-state index contributed by atoms with van der Waals surface area (Å²) < 4.78 is 23.1. The quantitative estimate of drug-likeness (QED) is 0.619. The molecule has 1 unspecified atom stereocenters. The minimum atomic E-state index is -0.956. The average Bonchev–Trinajstić information content (AvgIpc) is 3.36. The number of aryl methyl sites for hydroxylation is 2. The Kier molecular flexibility index (Phi) is 3.35. The second kappa shape index (κ2) is 5.78. The smallest absolute Gasteiger partial charge is 0.245 e. The van der Waals surface area contributed by atoms with Crippen molar-refractivity contribution in [2.24, 2.45) is 0 Å². The second-order valence-corrected chi connectivity index (χ2v) is 7.95. The number of fused-ring (bicyclic) bond motifs is 5. The highest BCUT2D eigenvalue weighted by Crippen LogP contribution is 2.57. The summed E-state index contributed by atoms with van der Waals surface area (Å²) >= 11 is 0. The molecule has 3 aliphatic heterocycles. The molecule has 0 saturated heterocycles. The fraction of sp³-hybridized carbons (Fsp3) is 0.304. The monoisotopic (exact) mass is 404 g/mol. The maximum atomic E-state index is 13.7. The molecule has 0 N–H and O–H groups in total. The van der Waals surface area contributed by atoms with Crippen molar-refractivity contribution in [3.05, 3.63) is 52.9 Å². The van der Waals surface area contributed by atoms with Crippen LogP contribution < -0.4 is 19.1 Å². The van der Waals surface area contributed by atoms with Gasteiger partial charge in [-0.2, -0.15) is 0 Å². The first-order chi connectivity index (χ1) is 14.5. The zero-order valence-corrected chi connectivity index (χ0v) is 16.9. The molecule has 0 bridgehead atoms. The summed E-state index contributed by atoms with van der Waals surface area (Å²) in [5, 5.41) is 4.13. The molecule has 0 saturated carbocycles. The first-order valence-corrected chi connectivity index (χ1v) is 9.94. The van der Waals surface area contributed by atoms with Crippen LogP contribution in [0.25, 0.3) is 11.1 Å². The van der Waals surface area contributed by atoms with E-state index in [0.717, 1.165) is 39.4 Å². The lowest BCUT2D eigenvalue weighted by atomic mass is 9.74. The average molecular weight is 404 g/mol. The van der Waals surface area contributed by atoms with E-state index >= 15 is 0 Å². The van der Waals surface area contributed by atoms with Gasteiger partial charge in [0.25, 0.3) is 0 Å². The van der Waals surface area contributed by atoms with Crippen molar-refractivity contribution in [2.75, 3.05) is 31.8 Å². The van der Waals surface area contributed by atoms with E-state index in [4.69, 9.17) is 18.7 Å². The highest BCUT2D eigenvalue weighted by molar-refractivity contribution is 6.13. The minimum Gasteiger partial charge on any atom is -0.491 e. The molecule has 4 heterocycles. The number of anilines is 1. The predicted octanol–water partition coefficient (Wildman–Crippen LogP) is 3.38. The van der Waals surface area contributed by atoms with Crippen LogP contribution in [0, 0.1) is 13.8 Å². The maximum Gasteiger partial charge on any atom is 0.245 e. The molecular formula is C23H20N2O5. The number of nitrogens with zero attached hydrogens (tertiary/aromatic N) is 2. The molecule has 6 rings (SSSR count). The molecule has 30 heavy (non-hydrogen) atoms. The molecule has 0 aliphatic carbocycles. The molecule has 152 valence electrons. The number of carbonyl (C=O) groups excluding carboxylic acids is 1. The number of carbonyl (C=O) groups is 1. The third-order valence-electron chi connectivity index (χ3n) is 6.35. The Morgan fingerprint density at radius 2 is 1.80 bits per heavy atom. The minimum absolute atomic E-state index is 0.0212. The molecule has 0 fully saturated rings. The van der Waals surface area contributed by atoms with Gasteiger partial charge in [-0.05, 0) is 31.5 Å². The van der Waals surface area contributed by atoms with Crippen LogP contribution in [0.15, 0.2) is 34.9 Å². The Balaban J connectivity index is 1.66. The van der Waals surface area contributed by atoms with Gasteiger partial charge in [-0.25, -0.2) is 0 Å². The van der Waals surface area contributed by atoms with Crippen molar-refractivity contribution in [3.63, 3.8) is 0 Å². The molecule has 7 nitrogen and oxygen atoms in total. The first-order valence-electron chi connectivity index (χ1n) is 9.94. The highest BCUT2D eigenvalue weighted by Gasteiger charge is 2.57. The van der Waals surface area contributed by atoms with Crippen LogP contribution in [0.4, 0.5) is 5.69 Å². The largest absolute Gasteiger partial charge is 0.491 e. The topological polar surface area (TPSA) is 74.0 Å². The van der Waals surface area contributed by atoms with E-state index in [1.165, 1.54) is 0 Å². The van der Waals surface area contributed by atoms with Gasteiger partial charge in [0.05, 0.1) is 5.69 Å². The summed E-state index contributed by atoms with van der Waals surface area (Å²) in [7, 11) is 1.81. The van der Waals surface area contributed by atoms with Gasteiger partial charge in [-0.15, -0.1) is 0 Å². The molecular weight excluding hydrogens is 384 g/mol. The summed E-state index contributed by atoms with van der Waals surface area (Å²) in [5.41, 5.74) is 4.28. The van der Waals surface area contributed by atoms with Crippen molar-refractivity contribution >= 4 is 11.6 Å². The number of rotatable bonds is 1. The van der Waals surface area contributed by atoms with Gasteiger partial charge in [-0.3, -0.25) is 4.79 Å². The zero-order valence-electron chi connectivity index (χ0n) is 16.9. The summed E-state index contributed by atoms with van der Waals surface area (Å²) in [6.07, 6.45) is 0. The van der Waals surface area contributed by atoms with Crippen molar-refractivity contribution in [2.45, 2.75) is 19.3 Å². The second-order valence-electron chi connectivity index (χ2n) is 7.95. The molecule has 0 radical (unpaired) electrons. The van der Waals surface area contributed by atoms with Gasteiger partial charge in [0.2, 0.25) is 5.91 Å². The van der Waals surface area contributed by atoms with E-state index in [2.05, 4.69) is 5.16 Å². The van der Waals surface area contributed by atoms with E-state index in [-0.39, 0.29) is 12.5 Å². The van der Waals surface area contributed by atoms with Crippen LogP contribution in [0.3, 0.4) is 0 Å². The molecule has 1 spiro atoms. The summed E-state index contributed by atoms with van der Waals surface area (Å²) in [6.45, 7) is 5.01. The van der Waals surface area contributed by atoms with Gasteiger partial charge in [-0.1, -0.05) is 17.3 Å². The molecule has 3 aliphatic rings. The Labute approximate surface area is 173 Å². The van der Waals surface area contributed by atoms with Gasteiger partial charge in [0.1, 0.15) is 36.7 Å². The Morgan fingerprint density at radius 3 is 2.53 bits per heavy atom. The number of hydrogen-bond acceptors (Lipinski definition) is 6. The van der Waals surface area contributed by atoms with Gasteiger partial charge in [0, 0.05) is 35.5 Å². The molecule has 1 atom stereocenters. The van der Waals surface area contributed by atoms with Crippen LogP contribution in [0.5, 0.6) is 17.2 Å². The molecule has 1 aromatic heterocycles. The van der Waals surface area contributed by atoms with Gasteiger partial charge in [0.15, 0.2) is 11.5 Å². The lowest BCUT2D eigenvalue weighted by Gasteiger charge is -2.25. The fourth-order valence-corrected chi connectivity index (χ4v) is 5.02. The van der Waals surface area contributed by atoms with Crippen molar-refractivity contribution in [1.29, 1.82) is 0 Å². The lowest BCUT2D eigenvalue weighted by molar-refractivity contribution is -0.121. The summed E-state index contributed by atoms with van der Waals surface area (Å²) in [6, 6.07) is 9.70. The van der Waals surface area contributed by atoms with Crippen LogP contribution in [-0.4, -0.2) is 37.9 Å². The standard InChI is InChI=1S/C23H20N2O5/c1-12-20(13(2)30-24-12)14-5-4-6-16-21(14)23(22(26)25(16)3)11-29-17-10-19-18(9-15(17)23)27-7-8-28-19/h4-6,9-10H,7-8,11H2,1-3H3. The first kappa shape index (κ1) is 17.4. The van der Waals surface area contributed by atoms with E-state index in [9.17, 15) is 4.79 Å². The van der Waals surface area contributed by atoms with E-state index < -0.39 is 5.41 Å². The van der Waals surface area contributed by atoms with Crippen molar-refractivity contribution in [1.82, 2.24) is 5.16 Å². The van der Waals surface area contributed by atoms with E-state index in [1.807, 2.05) is 51.2 Å². The third-order valence-corrected chi connectivity index (χ3v) is 6.35. The predicted molar refractivity (Wildman–Crippen MR) is 109 cm³/mol. The summed E-state index contributed by atoms with van der Waals surface area (Å²) in [4.78, 5) is 15.5. The number of aromatic nitrogens is 1. The van der Waals surface area contributed by atoms with Crippen molar-refractivity contribution in [3.8, 4) is 28.4 Å². The maximum absolute atomic E-state index is 13.7. The molecule has 7 heteroatoms. The van der Waals surface area contributed by atoms with E-state index in [0.29, 0.717) is 30.5 Å². The zero-order chi connectivity index (χ0) is 20.6. The van der Waals surface area contributed by atoms with Crippen LogP contribution in [-0.2, 0) is 10.2 Å². The van der Waals surface area contributed by atoms with Crippen LogP contribution in [0.1, 0.15) is 22.6 Å². The summed E-state index contributed by atoms with van der Waals surface area (Å²) in [5.74, 6) is 2.65. The molecule has 3 aromatic rings. The lowest BCUT2D eigenvalue weighted by Crippen LogP contribution is -2.41. The molecule has 1 amide bonds. The van der Waals surface area contributed by atoms with Gasteiger partial charge < -0.3 is 23.6 Å². The van der Waals surface area contributed by atoms with Crippen LogP contribution >= 0.6 is 0 Å². The number of ether oxygens (including phenoxy) is 3. The Bertz CT molecular complexity index is 1210.